The first-order valence-corrected chi connectivity index (χ1v) is 5.26. The van der Waals surface area contributed by atoms with Crippen molar-refractivity contribution in [3.05, 3.63) is 58.0 Å². The van der Waals surface area contributed by atoms with Crippen LogP contribution in [0.5, 0.6) is 0 Å². The minimum absolute atomic E-state index is 0.0229. The van der Waals surface area contributed by atoms with E-state index in [-0.39, 0.29) is 5.69 Å². The van der Waals surface area contributed by atoms with Gasteiger partial charge in [-0.2, -0.15) is 5.10 Å². The summed E-state index contributed by atoms with van der Waals surface area (Å²) in [5, 5.41) is 14.6. The van der Waals surface area contributed by atoms with Crippen molar-refractivity contribution in [3.63, 3.8) is 0 Å². The molecular weight excluding hydrogens is 234 g/mol. The summed E-state index contributed by atoms with van der Waals surface area (Å²) in [6, 6.07) is 9.87. The maximum absolute atomic E-state index is 10.8. The van der Waals surface area contributed by atoms with Gasteiger partial charge in [0.2, 0.25) is 0 Å². The molecule has 0 bridgehead atoms. The van der Waals surface area contributed by atoms with Crippen molar-refractivity contribution < 1.29 is 9.34 Å². The molecule has 0 amide bonds. The monoisotopic (exact) mass is 245 g/mol. The number of hydrogen-bond donors (Lipinski definition) is 1. The average Bonchev–Trinajstić information content (AvgIpc) is 2.75. The molecule has 0 atom stereocenters. The molecule has 2 aromatic rings. The summed E-state index contributed by atoms with van der Waals surface area (Å²) >= 11 is 0. The van der Waals surface area contributed by atoms with Crippen LogP contribution >= 0.6 is 0 Å². The van der Waals surface area contributed by atoms with Gasteiger partial charge in [0.05, 0.1) is 11.1 Å². The second kappa shape index (κ2) is 5.13. The summed E-state index contributed by atoms with van der Waals surface area (Å²) in [4.78, 5) is 10.3. The number of nitrogens with one attached hydrogen (secondary N) is 1. The van der Waals surface area contributed by atoms with Crippen molar-refractivity contribution >= 4 is 17.6 Å². The molecule has 0 saturated heterocycles. The zero-order valence-corrected chi connectivity index (χ0v) is 9.66. The molecule has 92 valence electrons. The fraction of sp³-hybridized carbons (Fsp3) is 0.0833. The molecule has 1 heterocycles. The Hall–Kier alpha value is -2.63. The van der Waals surface area contributed by atoms with E-state index in [1.54, 1.807) is 24.3 Å². The molecular formula is C12H11N3O3. The lowest BCUT2D eigenvalue weighted by molar-refractivity contribution is -0.384. The summed E-state index contributed by atoms with van der Waals surface area (Å²) in [5.74, 6) is 1.36. The Balaban J connectivity index is 2.11. The van der Waals surface area contributed by atoms with Crippen LogP contribution in [0.15, 0.2) is 45.9 Å². The predicted octanol–water partition coefficient (Wildman–Crippen LogP) is 2.94. The lowest BCUT2D eigenvalue weighted by Gasteiger charge is -2.00. The third kappa shape index (κ3) is 2.73. The van der Waals surface area contributed by atoms with E-state index in [0.29, 0.717) is 11.4 Å². The second-order valence-corrected chi connectivity index (χ2v) is 3.59. The highest BCUT2D eigenvalue weighted by Crippen LogP contribution is 2.22. The van der Waals surface area contributed by atoms with Crippen LogP contribution in [0.25, 0.3) is 0 Å². The largest absolute Gasteiger partial charge is 0.460 e. The third-order valence-electron chi connectivity index (χ3n) is 2.24. The predicted molar refractivity (Wildman–Crippen MR) is 67.8 cm³/mol. The molecule has 0 aliphatic heterocycles. The fourth-order valence-electron chi connectivity index (χ4n) is 1.42. The van der Waals surface area contributed by atoms with Crippen molar-refractivity contribution in [3.8, 4) is 0 Å². The highest BCUT2D eigenvalue weighted by Gasteiger charge is 2.10. The van der Waals surface area contributed by atoms with Crippen LogP contribution in [0.3, 0.4) is 0 Å². The number of aryl methyl sites for hydroxylation is 1. The first-order valence-electron chi connectivity index (χ1n) is 5.26. The van der Waals surface area contributed by atoms with Crippen LogP contribution in [0.4, 0.5) is 11.4 Å². The van der Waals surface area contributed by atoms with Gasteiger partial charge < -0.3 is 4.42 Å². The summed E-state index contributed by atoms with van der Waals surface area (Å²) in [6.45, 7) is 1.83. The third-order valence-corrected chi connectivity index (χ3v) is 2.24. The Bertz CT molecular complexity index is 590. The highest BCUT2D eigenvalue weighted by atomic mass is 16.6. The number of para-hydroxylation sites is 2. The van der Waals surface area contributed by atoms with Crippen LogP contribution in [-0.2, 0) is 0 Å². The molecule has 1 N–H and O–H groups in total. The number of nitrogens with zero attached hydrogens (tertiary/aromatic N) is 2. The molecule has 18 heavy (non-hydrogen) atoms. The van der Waals surface area contributed by atoms with Gasteiger partial charge in [0.25, 0.3) is 5.69 Å². The van der Waals surface area contributed by atoms with Crippen LogP contribution in [-0.4, -0.2) is 11.1 Å². The van der Waals surface area contributed by atoms with E-state index in [2.05, 4.69) is 10.5 Å². The van der Waals surface area contributed by atoms with E-state index in [1.165, 1.54) is 12.3 Å². The highest BCUT2D eigenvalue weighted by molar-refractivity contribution is 5.77. The number of hydrazone groups is 1. The van der Waals surface area contributed by atoms with Crippen LogP contribution < -0.4 is 5.43 Å². The maximum Gasteiger partial charge on any atom is 0.294 e. The zero-order valence-electron chi connectivity index (χ0n) is 9.66. The van der Waals surface area contributed by atoms with Crippen molar-refractivity contribution in [2.75, 3.05) is 5.43 Å². The van der Waals surface area contributed by atoms with E-state index in [0.717, 1.165) is 5.76 Å². The number of anilines is 1. The molecule has 0 aliphatic rings. The smallest absolute Gasteiger partial charge is 0.294 e. The average molecular weight is 245 g/mol. The molecule has 1 aromatic carbocycles. The summed E-state index contributed by atoms with van der Waals surface area (Å²) in [7, 11) is 0. The first-order chi connectivity index (χ1) is 8.66. The van der Waals surface area contributed by atoms with Crippen LogP contribution in [0.1, 0.15) is 11.5 Å². The van der Waals surface area contributed by atoms with E-state index in [1.807, 2.05) is 13.0 Å². The Labute approximate surface area is 103 Å². The van der Waals surface area contributed by atoms with Crippen molar-refractivity contribution in [1.29, 1.82) is 0 Å². The van der Waals surface area contributed by atoms with Gasteiger partial charge in [-0.15, -0.1) is 0 Å². The number of hydrogen-bond acceptors (Lipinski definition) is 5. The van der Waals surface area contributed by atoms with Gasteiger partial charge in [-0.05, 0) is 25.1 Å². The van der Waals surface area contributed by atoms with Crippen LogP contribution in [0, 0.1) is 17.0 Å². The van der Waals surface area contributed by atoms with E-state index in [9.17, 15) is 10.1 Å². The number of furan rings is 1. The van der Waals surface area contributed by atoms with Gasteiger partial charge in [0, 0.05) is 6.07 Å². The molecule has 0 radical (unpaired) electrons. The van der Waals surface area contributed by atoms with E-state index in [4.69, 9.17) is 4.42 Å². The lowest BCUT2D eigenvalue weighted by Crippen LogP contribution is -1.96. The summed E-state index contributed by atoms with van der Waals surface area (Å²) < 4.78 is 5.28. The molecule has 0 saturated carbocycles. The first kappa shape index (κ1) is 11.8. The lowest BCUT2D eigenvalue weighted by atomic mass is 10.3. The van der Waals surface area contributed by atoms with Crippen LogP contribution in [0.2, 0.25) is 0 Å². The Morgan fingerprint density at radius 3 is 2.78 bits per heavy atom. The Morgan fingerprint density at radius 1 is 1.33 bits per heavy atom. The number of rotatable bonds is 4. The van der Waals surface area contributed by atoms with E-state index >= 15 is 0 Å². The van der Waals surface area contributed by atoms with Gasteiger partial charge in [-0.3, -0.25) is 15.5 Å². The van der Waals surface area contributed by atoms with Crippen molar-refractivity contribution in [2.24, 2.45) is 5.10 Å². The molecule has 6 nitrogen and oxygen atoms in total. The number of benzene rings is 1. The Kier molecular flexibility index (Phi) is 3.38. The molecule has 0 unspecified atom stereocenters. The van der Waals surface area contributed by atoms with Gasteiger partial charge in [0.15, 0.2) is 0 Å². The van der Waals surface area contributed by atoms with Crippen molar-refractivity contribution in [1.82, 2.24) is 0 Å². The second-order valence-electron chi connectivity index (χ2n) is 3.59. The molecule has 0 fully saturated rings. The summed E-state index contributed by atoms with van der Waals surface area (Å²) in [6.07, 6.45) is 1.46. The molecule has 2 rings (SSSR count). The number of nitro benzene ring substituents is 1. The number of nitro groups is 1. The van der Waals surface area contributed by atoms with Gasteiger partial charge in [-0.25, -0.2) is 0 Å². The topological polar surface area (TPSA) is 80.7 Å². The quantitative estimate of drug-likeness (QED) is 0.510. The SMILES string of the molecule is Cc1ccc(C=NNc2ccccc2[N+](=O)[O-])o1. The zero-order chi connectivity index (χ0) is 13.0. The fourth-order valence-corrected chi connectivity index (χ4v) is 1.42. The minimum Gasteiger partial charge on any atom is -0.460 e. The molecule has 1 aromatic heterocycles. The van der Waals surface area contributed by atoms with Gasteiger partial charge >= 0.3 is 0 Å². The standard InChI is InChI=1S/C12H11N3O3/c1-9-6-7-10(18-9)8-13-14-11-4-2-3-5-12(11)15(16)17/h2-8,14H,1H3. The summed E-state index contributed by atoms with van der Waals surface area (Å²) in [5.41, 5.74) is 2.93. The van der Waals surface area contributed by atoms with Gasteiger partial charge in [-0.1, -0.05) is 12.1 Å². The minimum atomic E-state index is -0.463. The normalized spacial score (nSPS) is 10.7. The maximum atomic E-state index is 10.8. The Morgan fingerprint density at radius 2 is 2.11 bits per heavy atom. The van der Waals surface area contributed by atoms with E-state index < -0.39 is 4.92 Å². The molecule has 6 heteroatoms. The van der Waals surface area contributed by atoms with Gasteiger partial charge in [0.1, 0.15) is 17.2 Å². The molecule has 0 aliphatic carbocycles. The molecule has 0 spiro atoms. The van der Waals surface area contributed by atoms with Crippen molar-refractivity contribution in [2.45, 2.75) is 6.92 Å².